The second kappa shape index (κ2) is 9.18. The topological polar surface area (TPSA) is 65.9 Å². The molecule has 0 aliphatic carbocycles. The van der Waals surface area contributed by atoms with Crippen molar-refractivity contribution in [2.45, 2.75) is 13.0 Å². The van der Waals surface area contributed by atoms with Crippen LogP contribution in [-0.4, -0.2) is 80.9 Å². The van der Waals surface area contributed by atoms with Crippen LogP contribution >= 0.6 is 0 Å². The highest BCUT2D eigenvalue weighted by molar-refractivity contribution is 6.14. The molecule has 0 spiro atoms. The third-order valence-electron chi connectivity index (χ3n) is 5.84. The van der Waals surface area contributed by atoms with E-state index in [2.05, 4.69) is 40.0 Å². The summed E-state index contributed by atoms with van der Waals surface area (Å²) in [5.74, 6) is 0.793. The first-order valence-corrected chi connectivity index (χ1v) is 10.9. The average Bonchev–Trinajstić information content (AvgIpc) is 3.14. The van der Waals surface area contributed by atoms with E-state index >= 15 is 0 Å². The highest BCUT2D eigenvalue weighted by Gasteiger charge is 2.27. The number of hydrogen-bond acceptors (Lipinski definition) is 6. The van der Waals surface area contributed by atoms with Gasteiger partial charge >= 0.3 is 0 Å². The Morgan fingerprint density at radius 1 is 1.06 bits per heavy atom. The van der Waals surface area contributed by atoms with Crippen molar-refractivity contribution in [1.29, 1.82) is 0 Å². The Hall–Kier alpha value is -3.10. The highest BCUT2D eigenvalue weighted by Crippen LogP contribution is 2.48. The number of aromatic nitrogens is 2. The second-order valence-corrected chi connectivity index (χ2v) is 8.72. The summed E-state index contributed by atoms with van der Waals surface area (Å²) in [5, 5.41) is 9.65. The average molecular weight is 437 g/mol. The number of carbonyl (C=O) groups excluding carboxylic acids is 1. The van der Waals surface area contributed by atoms with Crippen LogP contribution in [0.5, 0.6) is 5.75 Å². The lowest BCUT2D eigenvalue weighted by molar-refractivity contribution is -0.107. The molecule has 1 aliphatic rings. The molecule has 8 heteroatoms. The summed E-state index contributed by atoms with van der Waals surface area (Å²) in [5.41, 5.74) is 5.76. The minimum absolute atomic E-state index is 0.610. The van der Waals surface area contributed by atoms with Gasteiger partial charge in [0.2, 0.25) is 6.41 Å². The number of likely N-dealkylation sites (N-methyl/N-ethyl adjacent to an activating group) is 1. The predicted molar refractivity (Wildman–Crippen MR) is 130 cm³/mol. The number of aryl methyl sites for hydroxylation is 1. The van der Waals surface area contributed by atoms with Gasteiger partial charge in [-0.05, 0) is 71.5 Å². The molecule has 0 unspecified atom stereocenters. The van der Waals surface area contributed by atoms with Gasteiger partial charge in [-0.3, -0.25) is 9.48 Å². The quantitative estimate of drug-likeness (QED) is 0.385. The largest absolute Gasteiger partial charge is 0.497 e. The SMILES string of the molecule is COc1ccc2c(c1)-c1nn(CCCN(C)C)c3ccc(N(C=O)CCN(C)C)c(c13)N2. The summed E-state index contributed by atoms with van der Waals surface area (Å²) < 4.78 is 7.55. The van der Waals surface area contributed by atoms with Gasteiger partial charge in [0.15, 0.2) is 0 Å². The van der Waals surface area contributed by atoms with Gasteiger partial charge in [0.25, 0.3) is 0 Å². The maximum absolute atomic E-state index is 12.0. The number of amides is 1. The molecular formula is C24H32N6O2. The van der Waals surface area contributed by atoms with E-state index in [9.17, 15) is 4.79 Å². The zero-order valence-electron chi connectivity index (χ0n) is 19.6. The van der Waals surface area contributed by atoms with E-state index in [4.69, 9.17) is 9.84 Å². The van der Waals surface area contributed by atoms with Crippen LogP contribution in [0.25, 0.3) is 22.2 Å². The molecule has 2 heterocycles. The minimum Gasteiger partial charge on any atom is -0.497 e. The number of hydrogen-bond donors (Lipinski definition) is 1. The van der Waals surface area contributed by atoms with Crippen LogP contribution in [-0.2, 0) is 11.3 Å². The first kappa shape index (κ1) is 22.1. The lowest BCUT2D eigenvalue weighted by Gasteiger charge is -2.26. The van der Waals surface area contributed by atoms with Gasteiger partial charge in [0.1, 0.15) is 11.4 Å². The summed E-state index contributed by atoms with van der Waals surface area (Å²) in [6.45, 7) is 3.21. The second-order valence-electron chi connectivity index (χ2n) is 8.72. The van der Waals surface area contributed by atoms with Crippen molar-refractivity contribution < 1.29 is 9.53 Å². The molecule has 8 nitrogen and oxygen atoms in total. The van der Waals surface area contributed by atoms with Gasteiger partial charge < -0.3 is 24.8 Å². The van der Waals surface area contributed by atoms with E-state index in [1.165, 1.54) is 0 Å². The van der Waals surface area contributed by atoms with Crippen LogP contribution in [0.2, 0.25) is 0 Å². The number of ether oxygens (including phenoxy) is 1. The molecule has 32 heavy (non-hydrogen) atoms. The van der Waals surface area contributed by atoms with E-state index < -0.39 is 0 Å². The molecule has 0 radical (unpaired) electrons. The van der Waals surface area contributed by atoms with E-state index in [0.29, 0.717) is 6.54 Å². The Morgan fingerprint density at radius 2 is 1.84 bits per heavy atom. The Morgan fingerprint density at radius 3 is 2.53 bits per heavy atom. The zero-order valence-corrected chi connectivity index (χ0v) is 19.6. The molecule has 3 aromatic rings. The third-order valence-corrected chi connectivity index (χ3v) is 5.84. The van der Waals surface area contributed by atoms with Crippen molar-refractivity contribution in [3.63, 3.8) is 0 Å². The Labute approximate surface area is 189 Å². The summed E-state index contributed by atoms with van der Waals surface area (Å²) >= 11 is 0. The Balaban J connectivity index is 1.85. The molecule has 1 aliphatic heterocycles. The first-order valence-electron chi connectivity index (χ1n) is 10.9. The number of fused-ring (bicyclic) bond motifs is 2. The van der Waals surface area contributed by atoms with Crippen LogP contribution in [0.3, 0.4) is 0 Å². The lowest BCUT2D eigenvalue weighted by Crippen LogP contribution is -2.31. The molecule has 0 atom stereocenters. The molecular weight excluding hydrogens is 404 g/mol. The number of rotatable bonds is 10. The van der Waals surface area contributed by atoms with Gasteiger partial charge in [-0.15, -0.1) is 0 Å². The van der Waals surface area contributed by atoms with Crippen LogP contribution in [0.15, 0.2) is 30.3 Å². The molecule has 2 aromatic carbocycles. The normalized spacial score (nSPS) is 12.2. The van der Waals surface area contributed by atoms with E-state index in [1.807, 2.05) is 38.4 Å². The molecule has 1 N–H and O–H groups in total. The van der Waals surface area contributed by atoms with Gasteiger partial charge in [0, 0.05) is 30.9 Å². The maximum Gasteiger partial charge on any atom is 0.214 e. The molecule has 1 amide bonds. The van der Waals surface area contributed by atoms with Crippen molar-refractivity contribution in [2.75, 3.05) is 65.2 Å². The Bertz CT molecular complexity index is 1120. The molecule has 0 bridgehead atoms. The van der Waals surface area contributed by atoms with Crippen molar-refractivity contribution in [1.82, 2.24) is 19.6 Å². The fraction of sp³-hybridized carbons (Fsp3) is 0.417. The van der Waals surface area contributed by atoms with Crippen molar-refractivity contribution in [2.24, 2.45) is 0 Å². The number of benzene rings is 2. The van der Waals surface area contributed by atoms with E-state index in [0.717, 1.165) is 77.4 Å². The third kappa shape index (κ3) is 4.16. The Kier molecular flexibility index (Phi) is 6.34. The zero-order chi connectivity index (χ0) is 22.8. The van der Waals surface area contributed by atoms with Gasteiger partial charge in [0.05, 0.1) is 29.4 Å². The summed E-state index contributed by atoms with van der Waals surface area (Å²) in [6, 6.07) is 10.1. The van der Waals surface area contributed by atoms with Crippen LogP contribution in [0.1, 0.15) is 6.42 Å². The number of methoxy groups -OCH3 is 1. The number of nitrogens with one attached hydrogen (secondary N) is 1. The van der Waals surface area contributed by atoms with E-state index in [1.54, 1.807) is 12.0 Å². The lowest BCUT2D eigenvalue weighted by atomic mass is 9.98. The minimum atomic E-state index is 0.610. The number of carbonyl (C=O) groups is 1. The van der Waals surface area contributed by atoms with Crippen LogP contribution < -0.4 is 15.0 Å². The predicted octanol–water partition coefficient (Wildman–Crippen LogP) is 3.25. The van der Waals surface area contributed by atoms with Crippen molar-refractivity contribution >= 4 is 34.4 Å². The number of nitrogens with zero attached hydrogens (tertiary/aromatic N) is 5. The van der Waals surface area contributed by atoms with Gasteiger partial charge in [-0.25, -0.2) is 0 Å². The molecule has 1 aromatic heterocycles. The fourth-order valence-electron chi connectivity index (χ4n) is 4.15. The van der Waals surface area contributed by atoms with Gasteiger partial charge in [-0.2, -0.15) is 5.10 Å². The monoisotopic (exact) mass is 436 g/mol. The fourth-order valence-corrected chi connectivity index (χ4v) is 4.15. The molecule has 170 valence electrons. The molecule has 0 saturated heterocycles. The van der Waals surface area contributed by atoms with Gasteiger partial charge in [-0.1, -0.05) is 0 Å². The molecule has 0 saturated carbocycles. The van der Waals surface area contributed by atoms with Crippen LogP contribution in [0, 0.1) is 0 Å². The summed E-state index contributed by atoms with van der Waals surface area (Å²) in [4.78, 5) is 18.0. The molecule has 4 rings (SSSR count). The van der Waals surface area contributed by atoms with Crippen molar-refractivity contribution in [3.8, 4) is 17.0 Å². The van der Waals surface area contributed by atoms with Crippen LogP contribution in [0.4, 0.5) is 17.1 Å². The maximum atomic E-state index is 12.0. The molecule has 0 fully saturated rings. The van der Waals surface area contributed by atoms with Crippen molar-refractivity contribution in [3.05, 3.63) is 30.3 Å². The number of anilines is 3. The van der Waals surface area contributed by atoms with E-state index in [-0.39, 0.29) is 0 Å². The first-order chi connectivity index (χ1) is 15.4. The summed E-state index contributed by atoms with van der Waals surface area (Å²) in [6.07, 6.45) is 1.91. The standard InChI is InChI=1S/C24H32N6O2/c1-27(2)11-6-12-30-20-9-10-21(29(16-31)14-13-28(3)4)24-22(20)23(26-30)18-15-17(32-5)7-8-19(18)25-24/h7-10,15-16,25H,6,11-14H2,1-5H3. The smallest absolute Gasteiger partial charge is 0.214 e. The highest BCUT2D eigenvalue weighted by atomic mass is 16.5. The summed E-state index contributed by atoms with van der Waals surface area (Å²) in [7, 11) is 9.85.